The van der Waals surface area contributed by atoms with E-state index in [1.54, 1.807) is 21.6 Å². The third kappa shape index (κ3) is 15.6. The maximum Gasteiger partial charge on any atom is 0.286 e. The minimum absolute atomic E-state index is 0.0159. The Kier molecular flexibility index (Phi) is 20.2. The van der Waals surface area contributed by atoms with Crippen LogP contribution in [0.5, 0.6) is 0 Å². The highest BCUT2D eigenvalue weighted by Gasteiger charge is 2.15. The van der Waals surface area contributed by atoms with Crippen molar-refractivity contribution in [3.63, 3.8) is 0 Å². The lowest BCUT2D eigenvalue weighted by Crippen LogP contribution is -2.45. The number of rotatable bonds is 26. The van der Waals surface area contributed by atoms with Gasteiger partial charge in [-0.2, -0.15) is 9.13 Å². The van der Waals surface area contributed by atoms with Crippen molar-refractivity contribution >= 4 is 69.0 Å². The molecule has 0 radical (unpaired) electrons. The molecule has 1 amide bonds. The molecule has 4 aromatic rings. The second kappa shape index (κ2) is 25.6. The van der Waals surface area contributed by atoms with Crippen LogP contribution in [0.1, 0.15) is 35.4 Å². The molecule has 5 N–H and O–H groups in total. The summed E-state index contributed by atoms with van der Waals surface area (Å²) in [6.45, 7) is 2.97. The zero-order chi connectivity index (χ0) is 39.8. The summed E-state index contributed by atoms with van der Waals surface area (Å²) in [5.41, 5.74) is 5.71. The zero-order valence-electron chi connectivity index (χ0n) is 31.9. The van der Waals surface area contributed by atoms with Gasteiger partial charge in [0.1, 0.15) is 0 Å². The number of amides is 1. The average molecular weight is 802 g/mol. The highest BCUT2D eigenvalue weighted by atomic mass is 33.1. The fraction of sp³-hybridized carbons (Fsp3) is 0.349. The molecule has 2 aromatic heterocycles. The number of Topliss-reactive ketones (excluding diaryl/α,β-unsaturated/α-hetero) is 1. The van der Waals surface area contributed by atoms with Crippen molar-refractivity contribution in [2.45, 2.75) is 25.9 Å². The number of aliphatic hydroxyl groups is 4. The number of nitrogens with zero attached hydrogens (tertiary/aromatic N) is 4. The number of ketones is 1. The molecule has 0 saturated heterocycles. The van der Waals surface area contributed by atoms with Crippen LogP contribution in [0.3, 0.4) is 0 Å². The van der Waals surface area contributed by atoms with Crippen LogP contribution in [0.15, 0.2) is 97.3 Å². The number of aliphatic hydroxyl groups excluding tert-OH is 4. The van der Waals surface area contributed by atoms with E-state index in [2.05, 4.69) is 5.32 Å². The quantitative estimate of drug-likeness (QED) is 0.0363. The van der Waals surface area contributed by atoms with Crippen molar-refractivity contribution in [1.29, 1.82) is 0 Å². The molecule has 0 unspecified atom stereocenters. The molecule has 0 aliphatic rings. The Morgan fingerprint density at radius 1 is 0.589 bits per heavy atom. The fourth-order valence-electron chi connectivity index (χ4n) is 5.91. The van der Waals surface area contributed by atoms with E-state index in [1.807, 2.05) is 141 Å². The van der Waals surface area contributed by atoms with E-state index in [4.69, 9.17) is 0 Å². The number of aromatic nitrogens is 2. The standard InChI is InChI=1S/C43H54N5O6S2/c49-28-24-45(25-29-50)40-17-11-36(12-18-40)9-15-38-6-1-3-22-47(38)34-42(53)8-5-32-55-56-33-21-44-43(54)35-48-23-4-2-7-39(48)16-10-37-13-19-41(20-14-37)46(26-30-51)27-31-52/h1-4,6-7,9-20,22-23,49-52H,5,8,21,24-35H2/q+1/p+1. The van der Waals surface area contributed by atoms with E-state index in [0.29, 0.717) is 45.7 Å². The van der Waals surface area contributed by atoms with Gasteiger partial charge in [-0.25, -0.2) is 0 Å². The smallest absolute Gasteiger partial charge is 0.286 e. The molecular formula is C43H55N5O6S2+2. The molecule has 2 heterocycles. The van der Waals surface area contributed by atoms with Crippen molar-refractivity contribution in [3.8, 4) is 0 Å². The van der Waals surface area contributed by atoms with Crippen LogP contribution >= 0.6 is 21.6 Å². The normalized spacial score (nSPS) is 11.4. The number of hydrogen-bond donors (Lipinski definition) is 5. The number of carbonyl (C=O) groups excluding carboxylic acids is 2. The Balaban J connectivity index is 1.13. The molecule has 0 saturated carbocycles. The van der Waals surface area contributed by atoms with Crippen LogP contribution in [0, 0.1) is 0 Å². The van der Waals surface area contributed by atoms with Crippen molar-refractivity contribution in [2.75, 3.05) is 80.5 Å². The molecule has 0 spiro atoms. The van der Waals surface area contributed by atoms with Crippen molar-refractivity contribution in [1.82, 2.24) is 5.32 Å². The summed E-state index contributed by atoms with van der Waals surface area (Å²) < 4.78 is 3.87. The second-order valence-corrected chi connectivity index (χ2v) is 15.6. The summed E-state index contributed by atoms with van der Waals surface area (Å²) in [4.78, 5) is 29.5. The van der Waals surface area contributed by atoms with Crippen molar-refractivity contribution in [2.24, 2.45) is 0 Å². The molecule has 2 aromatic carbocycles. The Bertz CT molecular complexity index is 1680. The predicted molar refractivity (Wildman–Crippen MR) is 229 cm³/mol. The van der Waals surface area contributed by atoms with Gasteiger partial charge in [0.05, 0.1) is 26.4 Å². The van der Waals surface area contributed by atoms with Gasteiger partial charge in [0, 0.05) is 98.4 Å². The third-order valence-electron chi connectivity index (χ3n) is 8.78. The number of nitrogens with one attached hydrogen (secondary N) is 1. The molecule has 0 atom stereocenters. The highest BCUT2D eigenvalue weighted by Crippen LogP contribution is 2.22. The maximum absolute atomic E-state index is 12.8. The van der Waals surface area contributed by atoms with E-state index in [0.717, 1.165) is 51.8 Å². The zero-order valence-corrected chi connectivity index (χ0v) is 33.5. The molecule has 298 valence electrons. The van der Waals surface area contributed by atoms with Crippen LogP contribution in [0.4, 0.5) is 11.4 Å². The lowest BCUT2D eigenvalue weighted by molar-refractivity contribution is -0.686. The number of benzene rings is 2. The van der Waals surface area contributed by atoms with Gasteiger partial charge in [-0.15, -0.1) is 0 Å². The first-order valence-electron chi connectivity index (χ1n) is 18.9. The van der Waals surface area contributed by atoms with Crippen molar-refractivity contribution in [3.05, 3.63) is 120 Å². The Labute approximate surface area is 338 Å². The summed E-state index contributed by atoms with van der Waals surface area (Å²) in [7, 11) is 3.41. The molecule has 4 rings (SSSR count). The predicted octanol–water partition coefficient (Wildman–Crippen LogP) is 3.73. The molecular weight excluding hydrogens is 747 g/mol. The van der Waals surface area contributed by atoms with Crippen molar-refractivity contribution < 1.29 is 39.1 Å². The number of pyridine rings is 2. The fourth-order valence-corrected chi connectivity index (χ4v) is 7.90. The van der Waals surface area contributed by atoms with Crippen LogP contribution in [0.2, 0.25) is 0 Å². The van der Waals surface area contributed by atoms with Gasteiger partial charge in [0.15, 0.2) is 18.2 Å². The Morgan fingerprint density at radius 2 is 1.05 bits per heavy atom. The van der Waals surface area contributed by atoms with Gasteiger partial charge in [-0.3, -0.25) is 9.59 Å². The Morgan fingerprint density at radius 3 is 1.54 bits per heavy atom. The summed E-state index contributed by atoms with van der Waals surface area (Å²) in [6.07, 6.45) is 13.1. The van der Waals surface area contributed by atoms with Gasteiger partial charge in [-0.05, 0) is 66.1 Å². The van der Waals surface area contributed by atoms with E-state index in [1.165, 1.54) is 0 Å². The van der Waals surface area contributed by atoms with E-state index < -0.39 is 0 Å². The van der Waals surface area contributed by atoms with E-state index in [9.17, 15) is 30.0 Å². The van der Waals surface area contributed by atoms with Gasteiger partial charge < -0.3 is 35.5 Å². The first kappa shape index (κ1) is 44.2. The SMILES string of the molecule is O=C(CCCSSCCNC(=O)C[n+]1ccccc1/C=C/c1ccc(N(CCO)CCO)cc1)C[n+]1ccccc1/C=C/c1ccc(N(CCO)CCO)cc1. The first-order chi connectivity index (χ1) is 27.4. The molecule has 13 heteroatoms. The number of anilines is 2. The lowest BCUT2D eigenvalue weighted by Gasteiger charge is -2.22. The summed E-state index contributed by atoms with van der Waals surface area (Å²) >= 11 is 0. The maximum atomic E-state index is 12.8. The Hall–Kier alpha value is -4.50. The monoisotopic (exact) mass is 801 g/mol. The third-order valence-corrected chi connectivity index (χ3v) is 11.3. The van der Waals surface area contributed by atoms with Crippen LogP contribution < -0.4 is 24.3 Å². The van der Waals surface area contributed by atoms with Crippen LogP contribution in [0.25, 0.3) is 24.3 Å². The van der Waals surface area contributed by atoms with Crippen LogP contribution in [-0.4, -0.2) is 103 Å². The van der Waals surface area contributed by atoms with Gasteiger partial charge in [0.25, 0.3) is 5.91 Å². The van der Waals surface area contributed by atoms with Gasteiger partial charge in [-0.1, -0.05) is 45.9 Å². The average Bonchev–Trinajstić information content (AvgIpc) is 3.21. The summed E-state index contributed by atoms with van der Waals surface area (Å²) in [6, 6.07) is 27.5. The van der Waals surface area contributed by atoms with E-state index in [-0.39, 0.29) is 44.7 Å². The van der Waals surface area contributed by atoms with Crippen LogP contribution in [-0.2, 0) is 22.7 Å². The van der Waals surface area contributed by atoms with E-state index >= 15 is 0 Å². The lowest BCUT2D eigenvalue weighted by atomic mass is 10.1. The summed E-state index contributed by atoms with van der Waals surface area (Å²) in [5, 5.41) is 40.2. The van der Waals surface area contributed by atoms with Gasteiger partial charge in [0.2, 0.25) is 24.5 Å². The number of hydrogen-bond acceptors (Lipinski definition) is 10. The molecule has 11 nitrogen and oxygen atoms in total. The van der Waals surface area contributed by atoms with Gasteiger partial charge >= 0.3 is 0 Å². The topological polar surface area (TPSA) is 141 Å². The minimum atomic E-state index is -0.0605. The largest absolute Gasteiger partial charge is 0.395 e. The molecule has 0 fully saturated rings. The minimum Gasteiger partial charge on any atom is -0.395 e. The highest BCUT2D eigenvalue weighted by molar-refractivity contribution is 8.76. The molecule has 0 aliphatic heterocycles. The molecule has 56 heavy (non-hydrogen) atoms. The number of carbonyl (C=O) groups is 2. The molecule has 0 bridgehead atoms. The molecule has 0 aliphatic carbocycles. The second-order valence-electron chi connectivity index (χ2n) is 12.9. The summed E-state index contributed by atoms with van der Waals surface area (Å²) in [5.74, 6) is 1.73. The first-order valence-corrected chi connectivity index (χ1v) is 21.4.